The zero-order chi connectivity index (χ0) is 13.1. The minimum atomic E-state index is 0.238. The molecule has 102 valence electrons. The van der Waals surface area contributed by atoms with E-state index < -0.39 is 0 Å². The van der Waals surface area contributed by atoms with Crippen LogP contribution in [0.25, 0.3) is 0 Å². The van der Waals surface area contributed by atoms with Gasteiger partial charge in [0.25, 0.3) is 0 Å². The Morgan fingerprint density at radius 1 is 1.12 bits per heavy atom. The van der Waals surface area contributed by atoms with Crippen LogP contribution in [0.5, 0.6) is 0 Å². The average Bonchev–Trinajstić information content (AvgIpc) is 2.33. The molecule has 0 spiro atoms. The first-order valence-electron chi connectivity index (χ1n) is 6.76. The van der Waals surface area contributed by atoms with E-state index in [1.807, 2.05) is 0 Å². The fourth-order valence-corrected chi connectivity index (χ4v) is 3.02. The van der Waals surface area contributed by atoms with Crippen LogP contribution in [-0.2, 0) is 9.47 Å². The summed E-state index contributed by atoms with van der Waals surface area (Å²) in [6, 6.07) is 0. The van der Waals surface area contributed by atoms with Crippen molar-refractivity contribution in [2.75, 3.05) is 21.0 Å². The Bertz CT molecular complexity index is 226. The quantitative estimate of drug-likeness (QED) is 0.693. The SMILES string of the molecule is CCC1(C)CC(OCOC)CC(C)(CC)N1C. The second-order valence-electron chi connectivity index (χ2n) is 5.86. The minimum absolute atomic E-state index is 0.238. The van der Waals surface area contributed by atoms with Crippen molar-refractivity contribution in [1.82, 2.24) is 4.90 Å². The molecule has 1 aliphatic rings. The minimum Gasteiger partial charge on any atom is -0.359 e. The smallest absolute Gasteiger partial charge is 0.146 e. The van der Waals surface area contributed by atoms with Gasteiger partial charge in [-0.25, -0.2) is 0 Å². The van der Waals surface area contributed by atoms with Crippen LogP contribution in [0.2, 0.25) is 0 Å². The summed E-state index contributed by atoms with van der Waals surface area (Å²) in [6.07, 6.45) is 4.83. The lowest BCUT2D eigenvalue weighted by Gasteiger charge is -2.56. The van der Waals surface area contributed by atoms with Crippen molar-refractivity contribution in [1.29, 1.82) is 0 Å². The second-order valence-corrected chi connectivity index (χ2v) is 5.86. The predicted octanol–water partition coefficient (Wildman–Crippen LogP) is 3.04. The maximum atomic E-state index is 5.83. The van der Waals surface area contributed by atoms with Gasteiger partial charge < -0.3 is 9.47 Å². The van der Waals surface area contributed by atoms with E-state index >= 15 is 0 Å². The molecule has 0 aromatic carbocycles. The molecule has 1 fully saturated rings. The molecule has 0 aromatic rings. The highest BCUT2D eigenvalue weighted by Gasteiger charge is 2.46. The Hall–Kier alpha value is -0.120. The van der Waals surface area contributed by atoms with Crippen molar-refractivity contribution >= 4 is 0 Å². The van der Waals surface area contributed by atoms with Gasteiger partial charge in [-0.3, -0.25) is 4.90 Å². The standard InChI is InChI=1S/C14H29NO2/c1-7-13(3)9-12(17-11-16-6)10-14(4,8-2)15(13)5/h12H,7-11H2,1-6H3. The van der Waals surface area contributed by atoms with Crippen LogP contribution in [0, 0.1) is 0 Å². The fourth-order valence-electron chi connectivity index (χ4n) is 3.02. The van der Waals surface area contributed by atoms with Gasteiger partial charge in [0, 0.05) is 18.2 Å². The highest BCUT2D eigenvalue weighted by atomic mass is 16.7. The van der Waals surface area contributed by atoms with E-state index in [4.69, 9.17) is 9.47 Å². The summed E-state index contributed by atoms with van der Waals surface area (Å²) < 4.78 is 10.9. The topological polar surface area (TPSA) is 21.7 Å². The number of hydrogen-bond acceptors (Lipinski definition) is 3. The Morgan fingerprint density at radius 2 is 1.59 bits per heavy atom. The van der Waals surface area contributed by atoms with Gasteiger partial charge in [-0.2, -0.15) is 0 Å². The van der Waals surface area contributed by atoms with Crippen LogP contribution >= 0.6 is 0 Å². The van der Waals surface area contributed by atoms with Crippen molar-refractivity contribution < 1.29 is 9.47 Å². The molecule has 0 aromatic heterocycles. The highest BCUT2D eigenvalue weighted by Crippen LogP contribution is 2.41. The summed E-state index contributed by atoms with van der Waals surface area (Å²) in [6.45, 7) is 9.65. The Labute approximate surface area is 106 Å². The van der Waals surface area contributed by atoms with Gasteiger partial charge in [-0.05, 0) is 46.6 Å². The van der Waals surface area contributed by atoms with Gasteiger partial charge >= 0.3 is 0 Å². The summed E-state index contributed by atoms with van der Waals surface area (Å²) in [7, 11) is 3.95. The van der Waals surface area contributed by atoms with Crippen molar-refractivity contribution in [3.63, 3.8) is 0 Å². The normalized spacial score (nSPS) is 39.5. The van der Waals surface area contributed by atoms with E-state index in [0.29, 0.717) is 12.9 Å². The lowest BCUT2D eigenvalue weighted by Crippen LogP contribution is -2.62. The van der Waals surface area contributed by atoms with Gasteiger partial charge in [0.2, 0.25) is 0 Å². The Morgan fingerprint density at radius 3 is 1.94 bits per heavy atom. The molecule has 0 amide bonds. The van der Waals surface area contributed by atoms with E-state index in [1.54, 1.807) is 7.11 Å². The van der Waals surface area contributed by atoms with Gasteiger partial charge in [0.15, 0.2) is 0 Å². The molecule has 0 saturated carbocycles. The zero-order valence-electron chi connectivity index (χ0n) is 12.4. The molecule has 0 bridgehead atoms. The molecular formula is C14H29NO2. The largest absolute Gasteiger partial charge is 0.359 e. The molecule has 1 aliphatic heterocycles. The first kappa shape index (κ1) is 14.9. The third-order valence-electron chi connectivity index (χ3n) is 4.90. The number of hydrogen-bond donors (Lipinski definition) is 0. The number of likely N-dealkylation sites (tertiary alicyclic amines) is 1. The summed E-state index contributed by atoms with van der Waals surface area (Å²) in [5.41, 5.74) is 0.475. The van der Waals surface area contributed by atoms with Gasteiger partial charge in [-0.1, -0.05) is 13.8 Å². The molecule has 3 nitrogen and oxygen atoms in total. The lowest BCUT2D eigenvalue weighted by atomic mass is 9.74. The summed E-state index contributed by atoms with van der Waals surface area (Å²) in [5.74, 6) is 0. The second kappa shape index (κ2) is 5.68. The number of piperidine rings is 1. The molecule has 0 aliphatic carbocycles. The molecule has 0 radical (unpaired) electrons. The van der Waals surface area contributed by atoms with Gasteiger partial charge in [0.1, 0.15) is 6.79 Å². The fraction of sp³-hybridized carbons (Fsp3) is 1.00. The molecule has 2 atom stereocenters. The molecule has 17 heavy (non-hydrogen) atoms. The zero-order valence-corrected chi connectivity index (χ0v) is 12.4. The summed E-state index contributed by atoms with van der Waals surface area (Å²) >= 11 is 0. The highest BCUT2D eigenvalue weighted by molar-refractivity contribution is 5.02. The van der Waals surface area contributed by atoms with Crippen LogP contribution < -0.4 is 0 Å². The van der Waals surface area contributed by atoms with E-state index in [1.165, 1.54) is 0 Å². The van der Waals surface area contributed by atoms with E-state index in [0.717, 1.165) is 25.7 Å². The number of methoxy groups -OCH3 is 1. The van der Waals surface area contributed by atoms with E-state index in [9.17, 15) is 0 Å². The molecule has 1 saturated heterocycles. The van der Waals surface area contributed by atoms with Crippen LogP contribution in [0.4, 0.5) is 0 Å². The summed E-state index contributed by atoms with van der Waals surface area (Å²) in [4.78, 5) is 2.56. The average molecular weight is 243 g/mol. The number of ether oxygens (including phenoxy) is 2. The molecule has 1 heterocycles. The maximum absolute atomic E-state index is 5.83. The number of nitrogens with zero attached hydrogens (tertiary/aromatic N) is 1. The van der Waals surface area contributed by atoms with Crippen LogP contribution in [0.15, 0.2) is 0 Å². The van der Waals surface area contributed by atoms with Crippen molar-refractivity contribution in [3.05, 3.63) is 0 Å². The predicted molar refractivity (Wildman–Crippen MR) is 71.1 cm³/mol. The number of rotatable bonds is 5. The third-order valence-corrected chi connectivity index (χ3v) is 4.90. The first-order valence-corrected chi connectivity index (χ1v) is 6.76. The summed E-state index contributed by atoms with van der Waals surface area (Å²) in [5, 5.41) is 0. The Balaban J connectivity index is 2.82. The molecule has 1 rings (SSSR count). The van der Waals surface area contributed by atoms with E-state index in [2.05, 4.69) is 39.6 Å². The van der Waals surface area contributed by atoms with Crippen molar-refractivity contribution in [3.8, 4) is 0 Å². The van der Waals surface area contributed by atoms with Crippen molar-refractivity contribution in [2.45, 2.75) is 70.6 Å². The van der Waals surface area contributed by atoms with Crippen LogP contribution in [0.3, 0.4) is 0 Å². The monoisotopic (exact) mass is 243 g/mol. The molecule has 2 unspecified atom stereocenters. The third kappa shape index (κ3) is 3.01. The molecule has 3 heteroatoms. The van der Waals surface area contributed by atoms with Gasteiger partial charge in [-0.15, -0.1) is 0 Å². The van der Waals surface area contributed by atoms with Crippen LogP contribution in [0.1, 0.15) is 53.4 Å². The molecular weight excluding hydrogens is 214 g/mol. The lowest BCUT2D eigenvalue weighted by molar-refractivity contribution is -0.144. The molecule has 0 N–H and O–H groups in total. The Kier molecular flexibility index (Phi) is 4.99. The first-order chi connectivity index (χ1) is 7.91. The van der Waals surface area contributed by atoms with E-state index in [-0.39, 0.29) is 11.1 Å². The van der Waals surface area contributed by atoms with Crippen LogP contribution in [-0.4, -0.2) is 43.0 Å². The van der Waals surface area contributed by atoms with Gasteiger partial charge in [0.05, 0.1) is 6.10 Å². The van der Waals surface area contributed by atoms with Crippen molar-refractivity contribution in [2.24, 2.45) is 0 Å². The maximum Gasteiger partial charge on any atom is 0.146 e.